The molecule has 4 N–H and O–H groups in total. The van der Waals surface area contributed by atoms with Crippen molar-refractivity contribution in [3.63, 3.8) is 0 Å². The van der Waals surface area contributed by atoms with E-state index in [0.29, 0.717) is 11.5 Å². The van der Waals surface area contributed by atoms with Crippen molar-refractivity contribution in [2.24, 2.45) is 16.3 Å². The van der Waals surface area contributed by atoms with Gasteiger partial charge in [0.25, 0.3) is 0 Å². The Morgan fingerprint density at radius 1 is 1.50 bits per heavy atom. The lowest BCUT2D eigenvalue weighted by Gasteiger charge is -2.37. The molecule has 1 aliphatic heterocycles. The van der Waals surface area contributed by atoms with Crippen molar-refractivity contribution in [2.75, 3.05) is 0 Å². The molecule has 0 aromatic heterocycles. The molecule has 0 aromatic carbocycles. The second-order valence-corrected chi connectivity index (χ2v) is 4.36. The molecule has 1 aliphatic rings. The Labute approximate surface area is 72.7 Å². The first-order chi connectivity index (χ1) is 5.29. The minimum absolute atomic E-state index is 0.0608. The van der Waals surface area contributed by atoms with Crippen LogP contribution in [0.15, 0.2) is 5.10 Å². The van der Waals surface area contributed by atoms with Gasteiger partial charge in [-0.3, -0.25) is 10.8 Å². The van der Waals surface area contributed by atoms with E-state index in [1.165, 1.54) is 0 Å². The number of hydrogen-bond donors (Lipinski definition) is 3. The Bertz CT molecular complexity index is 248. The Morgan fingerprint density at radius 3 is 2.17 bits per heavy atom. The lowest BCUT2D eigenvalue weighted by Crippen LogP contribution is -2.54. The van der Waals surface area contributed by atoms with E-state index in [4.69, 9.17) is 11.1 Å². The number of nitrogens with zero attached hydrogens (tertiary/aromatic N) is 1. The molecule has 0 spiro atoms. The van der Waals surface area contributed by atoms with Crippen LogP contribution in [0.3, 0.4) is 0 Å². The van der Waals surface area contributed by atoms with Gasteiger partial charge < -0.3 is 5.73 Å². The third-order valence-corrected chi connectivity index (χ3v) is 2.66. The third kappa shape index (κ3) is 0.983. The monoisotopic (exact) mass is 168 g/mol. The van der Waals surface area contributed by atoms with Crippen LogP contribution in [-0.2, 0) is 0 Å². The summed E-state index contributed by atoms with van der Waals surface area (Å²) in [6.45, 7) is 8.12. The van der Waals surface area contributed by atoms with Crippen molar-refractivity contribution < 1.29 is 0 Å². The smallest absolute Gasteiger partial charge is 0.166 e. The quantitative estimate of drug-likeness (QED) is 0.497. The van der Waals surface area contributed by atoms with Crippen LogP contribution in [0.2, 0.25) is 0 Å². The van der Waals surface area contributed by atoms with Crippen molar-refractivity contribution in [1.29, 1.82) is 5.41 Å². The molecule has 68 valence electrons. The highest BCUT2D eigenvalue weighted by molar-refractivity contribution is 6.44. The summed E-state index contributed by atoms with van der Waals surface area (Å²) < 4.78 is 0. The van der Waals surface area contributed by atoms with Gasteiger partial charge in [-0.15, -0.1) is 0 Å². The van der Waals surface area contributed by atoms with E-state index in [9.17, 15) is 0 Å². The van der Waals surface area contributed by atoms with Crippen LogP contribution in [-0.4, -0.2) is 17.1 Å². The van der Waals surface area contributed by atoms with Crippen LogP contribution < -0.4 is 11.2 Å². The molecule has 0 aromatic rings. The van der Waals surface area contributed by atoms with E-state index >= 15 is 0 Å². The number of hydrazone groups is 1. The first-order valence-electron chi connectivity index (χ1n) is 3.99. The van der Waals surface area contributed by atoms with Crippen molar-refractivity contribution >= 4 is 11.5 Å². The average molecular weight is 168 g/mol. The van der Waals surface area contributed by atoms with Crippen LogP contribution in [0.5, 0.6) is 0 Å². The zero-order chi connectivity index (χ0) is 9.57. The molecule has 4 heteroatoms. The fourth-order valence-corrected chi connectivity index (χ4v) is 1.08. The molecule has 1 rings (SSSR count). The van der Waals surface area contributed by atoms with Crippen LogP contribution in [0.4, 0.5) is 0 Å². The van der Waals surface area contributed by atoms with Crippen molar-refractivity contribution in [1.82, 2.24) is 5.43 Å². The standard InChI is InChI=1S/C8H16N4/c1-7(2,3)8(4)5(9)6(10)11-12-8/h9,12H,1-4H3,(H2,10,11). The normalized spacial score (nSPS) is 30.0. The number of hydrogen-bond acceptors (Lipinski definition) is 4. The molecule has 1 heterocycles. The van der Waals surface area contributed by atoms with Crippen LogP contribution in [0.25, 0.3) is 0 Å². The summed E-state index contributed by atoms with van der Waals surface area (Å²) in [6, 6.07) is 0. The first kappa shape index (κ1) is 9.03. The van der Waals surface area contributed by atoms with Gasteiger partial charge >= 0.3 is 0 Å². The number of amidine groups is 1. The number of rotatable bonds is 0. The highest BCUT2D eigenvalue weighted by atomic mass is 15.4. The van der Waals surface area contributed by atoms with Crippen molar-refractivity contribution in [3.05, 3.63) is 0 Å². The van der Waals surface area contributed by atoms with Crippen molar-refractivity contribution in [2.45, 2.75) is 33.2 Å². The van der Waals surface area contributed by atoms with Gasteiger partial charge in [-0.25, -0.2) is 0 Å². The molecule has 0 radical (unpaired) electrons. The van der Waals surface area contributed by atoms with E-state index in [1.807, 2.05) is 6.92 Å². The predicted molar refractivity (Wildman–Crippen MR) is 50.3 cm³/mol. The highest BCUT2D eigenvalue weighted by Crippen LogP contribution is 2.33. The zero-order valence-corrected chi connectivity index (χ0v) is 8.02. The Morgan fingerprint density at radius 2 is 2.00 bits per heavy atom. The molecule has 1 atom stereocenters. The first-order valence-corrected chi connectivity index (χ1v) is 3.99. The fourth-order valence-electron chi connectivity index (χ4n) is 1.08. The van der Waals surface area contributed by atoms with E-state index in [1.54, 1.807) is 0 Å². The van der Waals surface area contributed by atoms with Crippen LogP contribution in [0.1, 0.15) is 27.7 Å². The second kappa shape index (κ2) is 2.21. The van der Waals surface area contributed by atoms with Gasteiger partial charge in [0.2, 0.25) is 0 Å². The maximum Gasteiger partial charge on any atom is 0.166 e. The van der Waals surface area contributed by atoms with Gasteiger partial charge in [-0.2, -0.15) is 5.10 Å². The summed E-state index contributed by atoms with van der Waals surface area (Å²) in [5, 5.41) is 11.6. The van der Waals surface area contributed by atoms with E-state index in [2.05, 4.69) is 31.3 Å². The van der Waals surface area contributed by atoms with Gasteiger partial charge in [0.15, 0.2) is 5.84 Å². The maximum absolute atomic E-state index is 7.75. The Balaban J connectivity index is 3.00. The fraction of sp³-hybridized carbons (Fsp3) is 0.750. The third-order valence-electron chi connectivity index (χ3n) is 2.66. The molecular weight excluding hydrogens is 152 g/mol. The molecule has 0 bridgehead atoms. The van der Waals surface area contributed by atoms with E-state index in [0.717, 1.165) is 0 Å². The SMILES string of the molecule is CC(C)(C)C1(C)NN=C(N)C1=N. The summed E-state index contributed by atoms with van der Waals surface area (Å²) in [4.78, 5) is 0. The zero-order valence-electron chi connectivity index (χ0n) is 8.02. The molecule has 0 aliphatic carbocycles. The molecule has 0 amide bonds. The largest absolute Gasteiger partial charge is 0.381 e. The Kier molecular flexibility index (Phi) is 1.67. The van der Waals surface area contributed by atoms with Gasteiger partial charge in [0, 0.05) is 0 Å². The van der Waals surface area contributed by atoms with Gasteiger partial charge in [0.1, 0.15) is 11.3 Å². The Hall–Kier alpha value is -1.06. The minimum atomic E-state index is -0.433. The summed E-state index contributed by atoms with van der Waals surface area (Å²) in [5.41, 5.74) is 8.31. The molecular formula is C8H16N4. The predicted octanol–water partition coefficient (Wildman–Crippen LogP) is 0.686. The molecule has 0 saturated carbocycles. The molecule has 0 fully saturated rings. The molecule has 12 heavy (non-hydrogen) atoms. The summed E-state index contributed by atoms with van der Waals surface area (Å²) in [6.07, 6.45) is 0. The topological polar surface area (TPSA) is 74.3 Å². The second-order valence-electron chi connectivity index (χ2n) is 4.36. The number of nitrogens with two attached hydrogens (primary N) is 1. The average Bonchev–Trinajstić information content (AvgIpc) is 2.16. The van der Waals surface area contributed by atoms with Gasteiger partial charge in [0.05, 0.1) is 0 Å². The van der Waals surface area contributed by atoms with Gasteiger partial charge in [-0.05, 0) is 12.3 Å². The number of nitrogens with one attached hydrogen (secondary N) is 2. The van der Waals surface area contributed by atoms with Crippen LogP contribution >= 0.6 is 0 Å². The van der Waals surface area contributed by atoms with E-state index in [-0.39, 0.29) is 5.41 Å². The van der Waals surface area contributed by atoms with Gasteiger partial charge in [-0.1, -0.05) is 20.8 Å². The summed E-state index contributed by atoms with van der Waals surface area (Å²) in [5.74, 6) is 0.299. The maximum atomic E-state index is 7.75. The molecule has 4 nitrogen and oxygen atoms in total. The summed E-state index contributed by atoms with van der Waals surface area (Å²) in [7, 11) is 0. The highest BCUT2D eigenvalue weighted by Gasteiger charge is 2.46. The molecule has 1 unspecified atom stereocenters. The van der Waals surface area contributed by atoms with E-state index < -0.39 is 5.54 Å². The van der Waals surface area contributed by atoms with Crippen LogP contribution in [0, 0.1) is 10.8 Å². The lowest BCUT2D eigenvalue weighted by atomic mass is 9.72. The summed E-state index contributed by atoms with van der Waals surface area (Å²) >= 11 is 0. The lowest BCUT2D eigenvalue weighted by molar-refractivity contribution is 0.240. The van der Waals surface area contributed by atoms with Crippen molar-refractivity contribution in [3.8, 4) is 0 Å². The molecule has 0 saturated heterocycles. The minimum Gasteiger partial charge on any atom is -0.381 e.